The van der Waals surface area contributed by atoms with E-state index in [1.54, 1.807) is 0 Å². The van der Waals surface area contributed by atoms with Gasteiger partial charge in [0.15, 0.2) is 24.3 Å². The van der Waals surface area contributed by atoms with Gasteiger partial charge in [-0.15, -0.1) is 0 Å². The molecule has 0 aromatic heterocycles. The minimum atomic E-state index is -0.879. The number of rotatable bonds is 5. The predicted molar refractivity (Wildman–Crippen MR) is 62.0 cm³/mol. The van der Waals surface area contributed by atoms with Crippen LogP contribution >= 0.6 is 0 Å². The molecule has 0 bridgehead atoms. The highest BCUT2D eigenvalue weighted by Crippen LogP contribution is 2.19. The first-order valence-electron chi connectivity index (χ1n) is 5.52. The zero-order chi connectivity index (χ0) is 14.4. The second-order valence-electron chi connectivity index (χ2n) is 3.82. The van der Waals surface area contributed by atoms with E-state index >= 15 is 0 Å². The van der Waals surface area contributed by atoms with Crippen molar-refractivity contribution in [3.8, 4) is 0 Å². The van der Waals surface area contributed by atoms with Crippen molar-refractivity contribution in [2.24, 2.45) is 0 Å². The first-order valence-corrected chi connectivity index (χ1v) is 5.52. The Hall–Kier alpha value is -1.96. The quantitative estimate of drug-likeness (QED) is 0.551. The van der Waals surface area contributed by atoms with E-state index in [0.717, 1.165) is 6.20 Å². The highest BCUT2D eigenvalue weighted by Gasteiger charge is 2.41. The average Bonchev–Trinajstić information content (AvgIpc) is 2.67. The lowest BCUT2D eigenvalue weighted by Gasteiger charge is -2.22. The number of nitrogens with one attached hydrogen (secondary N) is 2. The molecule has 3 atom stereocenters. The second kappa shape index (κ2) is 6.83. The van der Waals surface area contributed by atoms with Gasteiger partial charge in [-0.2, -0.15) is 0 Å². The summed E-state index contributed by atoms with van der Waals surface area (Å²) in [4.78, 5) is 21.9. The molecule has 1 fully saturated rings. The van der Waals surface area contributed by atoms with E-state index in [2.05, 4.69) is 5.32 Å². The van der Waals surface area contributed by atoms with Crippen molar-refractivity contribution in [1.82, 2.24) is 5.32 Å². The van der Waals surface area contributed by atoms with E-state index in [9.17, 15) is 14.0 Å². The van der Waals surface area contributed by atoms with Crippen LogP contribution in [0.25, 0.3) is 0 Å². The van der Waals surface area contributed by atoms with E-state index < -0.39 is 36.2 Å². The van der Waals surface area contributed by atoms with Crippen LogP contribution in [0.1, 0.15) is 13.8 Å². The summed E-state index contributed by atoms with van der Waals surface area (Å²) in [5.41, 5.74) is 0. The van der Waals surface area contributed by atoms with Crippen LogP contribution in [0.4, 0.5) is 4.39 Å². The van der Waals surface area contributed by atoms with Crippen LogP contribution < -0.4 is 5.32 Å². The van der Waals surface area contributed by atoms with Crippen LogP contribution in [0.2, 0.25) is 0 Å². The third-order valence-corrected chi connectivity index (χ3v) is 2.25. The molecule has 7 nitrogen and oxygen atoms in total. The highest BCUT2D eigenvalue weighted by atomic mass is 19.1. The molecule has 8 heteroatoms. The molecule has 106 valence electrons. The minimum absolute atomic E-state index is 0.0231. The fourth-order valence-corrected chi connectivity index (χ4v) is 1.57. The number of carbonyl (C=O) groups excluding carboxylic acids is 2. The van der Waals surface area contributed by atoms with Crippen molar-refractivity contribution in [3.05, 3.63) is 12.0 Å². The Labute approximate surface area is 109 Å². The summed E-state index contributed by atoms with van der Waals surface area (Å²) in [6.45, 7) is 2.45. The summed E-state index contributed by atoms with van der Waals surface area (Å²) in [5.74, 6) is -1.93. The number of esters is 2. The van der Waals surface area contributed by atoms with Crippen molar-refractivity contribution >= 4 is 18.2 Å². The van der Waals surface area contributed by atoms with Gasteiger partial charge in [0, 0.05) is 20.0 Å². The SMILES string of the molecule is CC(=O)OC1COC(N/C=C(/F)C=N)C1OC(C)=O. The first-order chi connectivity index (χ1) is 8.93. The summed E-state index contributed by atoms with van der Waals surface area (Å²) >= 11 is 0. The van der Waals surface area contributed by atoms with Crippen LogP contribution in [-0.4, -0.2) is 43.2 Å². The summed E-state index contributed by atoms with van der Waals surface area (Å²) in [6, 6.07) is 0. The molecule has 0 amide bonds. The van der Waals surface area contributed by atoms with Crippen LogP contribution in [-0.2, 0) is 23.8 Å². The van der Waals surface area contributed by atoms with E-state index in [0.29, 0.717) is 6.21 Å². The van der Waals surface area contributed by atoms with Crippen LogP contribution in [0, 0.1) is 5.41 Å². The van der Waals surface area contributed by atoms with E-state index in [4.69, 9.17) is 19.6 Å². The zero-order valence-electron chi connectivity index (χ0n) is 10.5. The smallest absolute Gasteiger partial charge is 0.303 e. The van der Waals surface area contributed by atoms with Crippen LogP contribution in [0.3, 0.4) is 0 Å². The molecule has 0 spiro atoms. The fourth-order valence-electron chi connectivity index (χ4n) is 1.57. The molecule has 0 aliphatic carbocycles. The van der Waals surface area contributed by atoms with Crippen LogP contribution in [0.5, 0.6) is 0 Å². The van der Waals surface area contributed by atoms with Gasteiger partial charge in [0.25, 0.3) is 0 Å². The van der Waals surface area contributed by atoms with Gasteiger partial charge in [0.2, 0.25) is 0 Å². The predicted octanol–water partition coefficient (Wildman–Crippen LogP) is 0.256. The fraction of sp³-hybridized carbons (Fsp3) is 0.545. The van der Waals surface area contributed by atoms with Crippen molar-refractivity contribution in [2.75, 3.05) is 6.61 Å². The molecule has 1 aliphatic heterocycles. The standard InChI is InChI=1S/C11H15FN2O5/c1-6(15)18-9-5-17-11(10(9)19-7(2)16)14-4-8(12)3-13/h3-4,9-11,13-14H,5H2,1-2H3/b8-4+,13-3?. The van der Waals surface area contributed by atoms with Crippen molar-refractivity contribution < 1.29 is 28.2 Å². The Morgan fingerprint density at radius 1 is 1.37 bits per heavy atom. The van der Waals surface area contributed by atoms with E-state index in [-0.39, 0.29) is 6.61 Å². The Bertz CT molecular complexity index is 399. The molecule has 19 heavy (non-hydrogen) atoms. The molecule has 2 N–H and O–H groups in total. The van der Waals surface area contributed by atoms with Gasteiger partial charge in [-0.3, -0.25) is 9.59 Å². The van der Waals surface area contributed by atoms with Gasteiger partial charge in [-0.25, -0.2) is 4.39 Å². The monoisotopic (exact) mass is 274 g/mol. The Morgan fingerprint density at radius 3 is 2.53 bits per heavy atom. The van der Waals surface area contributed by atoms with E-state index in [1.807, 2.05) is 0 Å². The lowest BCUT2D eigenvalue weighted by Crippen LogP contribution is -2.42. The third kappa shape index (κ3) is 4.66. The summed E-state index contributed by atoms with van der Waals surface area (Å²) < 4.78 is 28.0. The number of ether oxygens (including phenoxy) is 3. The molecule has 3 unspecified atom stereocenters. The van der Waals surface area contributed by atoms with Gasteiger partial charge in [0.05, 0.1) is 12.8 Å². The normalized spacial score (nSPS) is 26.7. The molecule has 0 aromatic carbocycles. The van der Waals surface area contributed by atoms with Gasteiger partial charge in [-0.1, -0.05) is 0 Å². The number of hydrogen-bond donors (Lipinski definition) is 2. The molecule has 1 rings (SSSR count). The van der Waals surface area contributed by atoms with Crippen LogP contribution in [0.15, 0.2) is 12.0 Å². The molecule has 1 saturated heterocycles. The van der Waals surface area contributed by atoms with Crippen molar-refractivity contribution in [1.29, 1.82) is 5.41 Å². The molecular formula is C11H15FN2O5. The average molecular weight is 274 g/mol. The number of carbonyl (C=O) groups is 2. The van der Waals surface area contributed by atoms with Gasteiger partial charge >= 0.3 is 11.9 Å². The first kappa shape index (κ1) is 15.1. The molecular weight excluding hydrogens is 259 g/mol. The largest absolute Gasteiger partial charge is 0.456 e. The number of halogens is 1. The summed E-state index contributed by atoms with van der Waals surface area (Å²) in [5, 5.41) is 9.19. The van der Waals surface area contributed by atoms with Crippen molar-refractivity contribution in [2.45, 2.75) is 32.3 Å². The van der Waals surface area contributed by atoms with Gasteiger partial charge in [-0.05, 0) is 0 Å². The maximum atomic E-state index is 12.8. The minimum Gasteiger partial charge on any atom is -0.456 e. The van der Waals surface area contributed by atoms with E-state index in [1.165, 1.54) is 13.8 Å². The second-order valence-corrected chi connectivity index (χ2v) is 3.82. The Kier molecular flexibility index (Phi) is 5.43. The molecule has 1 aliphatic rings. The lowest BCUT2D eigenvalue weighted by molar-refractivity contribution is -0.163. The lowest BCUT2D eigenvalue weighted by atomic mass is 10.2. The zero-order valence-corrected chi connectivity index (χ0v) is 10.5. The van der Waals surface area contributed by atoms with Crippen molar-refractivity contribution in [3.63, 3.8) is 0 Å². The highest BCUT2D eigenvalue weighted by molar-refractivity contribution is 5.72. The maximum Gasteiger partial charge on any atom is 0.303 e. The molecule has 0 saturated carbocycles. The van der Waals surface area contributed by atoms with Gasteiger partial charge < -0.3 is 24.9 Å². The number of allylic oxidation sites excluding steroid dienone is 1. The number of hydrogen-bond acceptors (Lipinski definition) is 7. The van der Waals surface area contributed by atoms with Gasteiger partial charge in [0.1, 0.15) is 0 Å². The molecule has 1 heterocycles. The maximum absolute atomic E-state index is 12.8. The summed E-state index contributed by atoms with van der Waals surface area (Å²) in [7, 11) is 0. The molecule has 0 aromatic rings. The topological polar surface area (TPSA) is 97.7 Å². The summed E-state index contributed by atoms with van der Waals surface area (Å²) in [6.07, 6.45) is -1.07. The Balaban J connectivity index is 2.71. The molecule has 0 radical (unpaired) electrons. The Morgan fingerprint density at radius 2 is 2.00 bits per heavy atom. The third-order valence-electron chi connectivity index (χ3n) is 2.25.